The van der Waals surface area contributed by atoms with E-state index in [1.165, 1.54) is 123 Å². The highest BCUT2D eigenvalue weighted by Crippen LogP contribution is 2.40. The second-order valence-corrected chi connectivity index (χ2v) is 34.6. The average Bonchev–Trinajstić information content (AvgIpc) is 1.59. The van der Waals surface area contributed by atoms with E-state index in [1.807, 2.05) is 105 Å². The Bertz CT molecular complexity index is 8220. The first-order chi connectivity index (χ1) is 67.9. The Labute approximate surface area is 794 Å². The van der Waals surface area contributed by atoms with Gasteiger partial charge in [-0.3, -0.25) is 24.9 Å². The van der Waals surface area contributed by atoms with Gasteiger partial charge in [-0.25, -0.2) is 22.8 Å². The molecule has 0 bridgehead atoms. The van der Waals surface area contributed by atoms with Gasteiger partial charge in [0.15, 0.2) is 66.5 Å². The molecule has 656 valence electrons. The first-order valence-corrected chi connectivity index (χ1v) is 45.9. The van der Waals surface area contributed by atoms with E-state index < -0.39 is 6.85 Å². The second-order valence-electron chi connectivity index (χ2n) is 34.6. The van der Waals surface area contributed by atoms with Crippen molar-refractivity contribution >= 4 is 109 Å². The van der Waals surface area contributed by atoms with Crippen molar-refractivity contribution in [2.75, 3.05) is 0 Å². The van der Waals surface area contributed by atoms with Crippen LogP contribution in [0.25, 0.3) is 195 Å². The molecule has 10 aromatic heterocycles. The standard InChI is InChI=1S/C25H22N3.4C24H20N3/c1-17-9-4-5-11-20(17)25-27(3)21-12-6-7-13-22(21)28(25)24-18(2)14-15-19-10-8-16-26-23(19)24;1-17-9-3-4-12-19(17)24-26(2)20-13-5-6-14-21(20)27(24)22-15-7-10-18-11-8-16-25-23(18)22;1-17-9-3-4-10-18(17)24-26(2)22-13-5-6-14-23(22)27(24)21-15-7-12-20-19(21)11-8-16-25-20;1-17-8-3-4-10-19(17)24-26(2)22-11-5-6-12-23(22)27(24)21-13-7-9-18-16-25-15-14-20(18)21;1-17-8-3-4-10-19(17)24-26(2)22-11-5-6-12-23(22)27(24)21-13-7-9-18-14-15-25-16-20(18)21/h4-16H,1-3H3;4*3-16H,1-2H3/q5*+1/i2D3;;;;. The molecule has 136 heavy (non-hydrogen) atoms. The number of fused-ring (bicyclic) bond motifs is 10. The number of pyridine rings is 5. The molecule has 0 aliphatic heterocycles. The van der Waals surface area contributed by atoms with Crippen molar-refractivity contribution < 1.29 is 26.9 Å². The highest BCUT2D eigenvalue weighted by molar-refractivity contribution is 5.98. The Morgan fingerprint density at radius 2 is 0.544 bits per heavy atom. The molecule has 15 heteroatoms. The van der Waals surface area contributed by atoms with Gasteiger partial charge in [0.1, 0.15) is 28.1 Å². The van der Waals surface area contributed by atoms with Crippen LogP contribution in [0.15, 0.2) is 419 Å². The molecule has 0 aliphatic carbocycles. The van der Waals surface area contributed by atoms with Crippen molar-refractivity contribution in [1.29, 1.82) is 0 Å². The number of rotatable bonds is 10. The van der Waals surface area contributed by atoms with Gasteiger partial charge < -0.3 is 0 Å². The molecule has 0 atom stereocenters. The van der Waals surface area contributed by atoms with E-state index in [0.29, 0.717) is 11.2 Å². The van der Waals surface area contributed by atoms with Gasteiger partial charge in [-0.05, 0) is 238 Å². The lowest BCUT2D eigenvalue weighted by Crippen LogP contribution is -2.30. The molecule has 0 radical (unpaired) electrons. The van der Waals surface area contributed by atoms with E-state index in [1.54, 1.807) is 12.3 Å². The molecule has 10 heterocycles. The monoisotopic (exact) mass is 1770 g/mol. The predicted molar refractivity (Wildman–Crippen MR) is 554 cm³/mol. The smallest absolute Gasteiger partial charge is 0.264 e. The second kappa shape index (κ2) is 36.5. The van der Waals surface area contributed by atoms with Crippen LogP contribution in [0.2, 0.25) is 0 Å². The molecule has 0 N–H and O–H groups in total. The van der Waals surface area contributed by atoms with E-state index in [9.17, 15) is 0 Å². The molecule has 0 aliphatic rings. The Morgan fingerprint density at radius 3 is 0.993 bits per heavy atom. The van der Waals surface area contributed by atoms with Crippen LogP contribution in [0.5, 0.6) is 0 Å². The third-order valence-corrected chi connectivity index (χ3v) is 26.5. The summed E-state index contributed by atoms with van der Waals surface area (Å²) in [6.45, 7) is 8.46. The summed E-state index contributed by atoms with van der Waals surface area (Å²) in [4.78, 5) is 22.6. The summed E-state index contributed by atoms with van der Waals surface area (Å²) < 4.78 is 47.5. The summed E-state index contributed by atoms with van der Waals surface area (Å²) in [5.74, 6) is 5.60. The van der Waals surface area contributed by atoms with Crippen LogP contribution in [-0.2, 0) is 35.2 Å². The average molecular weight is 1770 g/mol. The summed E-state index contributed by atoms with van der Waals surface area (Å²) in [5.41, 5.74) is 31.8. The maximum absolute atomic E-state index is 8.26. The molecular weight excluding hydrogens is 1660 g/mol. The number of nitrogens with zero attached hydrogens (tertiary/aromatic N) is 15. The number of para-hydroxylation sites is 11. The van der Waals surface area contributed by atoms with Crippen molar-refractivity contribution in [2.24, 2.45) is 35.2 Å². The summed E-state index contributed by atoms with van der Waals surface area (Å²) >= 11 is 0. The molecule has 0 saturated heterocycles. The molecule has 25 rings (SSSR count). The zero-order valence-corrected chi connectivity index (χ0v) is 77.5. The van der Waals surface area contributed by atoms with Gasteiger partial charge in [0.05, 0.1) is 68.6 Å². The van der Waals surface area contributed by atoms with Crippen molar-refractivity contribution in [3.05, 3.63) is 453 Å². The van der Waals surface area contributed by atoms with Crippen molar-refractivity contribution in [1.82, 2.24) is 47.8 Å². The van der Waals surface area contributed by atoms with Gasteiger partial charge in [-0.2, -0.15) is 22.8 Å². The first-order valence-electron chi connectivity index (χ1n) is 47.4. The minimum Gasteiger partial charge on any atom is -0.264 e. The van der Waals surface area contributed by atoms with Crippen LogP contribution in [0.3, 0.4) is 0 Å². The van der Waals surface area contributed by atoms with E-state index in [-0.39, 0.29) is 5.56 Å². The van der Waals surface area contributed by atoms with Crippen LogP contribution in [0, 0.1) is 41.5 Å². The van der Waals surface area contributed by atoms with E-state index in [4.69, 9.17) is 9.10 Å². The molecule has 0 spiro atoms. The maximum Gasteiger partial charge on any atom is 0.295 e. The number of benzene rings is 15. The minimum absolute atomic E-state index is 0.287. The third-order valence-electron chi connectivity index (χ3n) is 26.5. The molecule has 15 nitrogen and oxygen atoms in total. The maximum atomic E-state index is 8.26. The minimum atomic E-state index is -2.28. The zero-order chi connectivity index (χ0) is 95.3. The zero-order valence-electron chi connectivity index (χ0n) is 80.5. The molecule has 0 amide bonds. The highest BCUT2D eigenvalue weighted by Gasteiger charge is 2.35. The molecule has 0 saturated carbocycles. The lowest BCUT2D eigenvalue weighted by molar-refractivity contribution is -0.634. The van der Waals surface area contributed by atoms with Crippen molar-refractivity contribution in [3.63, 3.8) is 0 Å². The fourth-order valence-corrected chi connectivity index (χ4v) is 19.9. The van der Waals surface area contributed by atoms with Crippen LogP contribution < -0.4 is 22.8 Å². The van der Waals surface area contributed by atoms with Gasteiger partial charge in [0.2, 0.25) is 0 Å². The van der Waals surface area contributed by atoms with Crippen LogP contribution >= 0.6 is 0 Å². The fourth-order valence-electron chi connectivity index (χ4n) is 19.9. The first kappa shape index (κ1) is 81.9. The predicted octanol–water partition coefficient (Wildman–Crippen LogP) is 25.2. The summed E-state index contributed by atoms with van der Waals surface area (Å²) in [7, 11) is 10.6. The number of aryl methyl sites for hydroxylation is 11. The van der Waals surface area contributed by atoms with E-state index >= 15 is 0 Å². The number of aromatic nitrogens is 15. The fraction of sp³-hybridized carbons (Fsp3) is 0.0909. The Balaban J connectivity index is 0.000000103. The Kier molecular flexibility index (Phi) is 22.0. The summed E-state index contributed by atoms with van der Waals surface area (Å²) in [6, 6.07) is 130. The van der Waals surface area contributed by atoms with Gasteiger partial charge in [0.25, 0.3) is 29.1 Å². The van der Waals surface area contributed by atoms with E-state index in [2.05, 4.69) is 438 Å². The number of hydrogen-bond acceptors (Lipinski definition) is 5. The normalized spacial score (nSPS) is 11.8. The lowest BCUT2D eigenvalue weighted by atomic mass is 10.1. The van der Waals surface area contributed by atoms with Crippen molar-refractivity contribution in [2.45, 2.75) is 41.5 Å². The topological polar surface area (TPSA) is 108 Å². The van der Waals surface area contributed by atoms with Gasteiger partial charge in [-0.1, -0.05) is 218 Å². The summed E-state index contributed by atoms with van der Waals surface area (Å²) in [6.07, 6.45) is 13.0. The molecular formula is C121H102N15+5. The van der Waals surface area contributed by atoms with Crippen LogP contribution in [0.4, 0.5) is 0 Å². The van der Waals surface area contributed by atoms with Crippen LogP contribution in [0.1, 0.15) is 37.5 Å². The Morgan fingerprint density at radius 1 is 0.221 bits per heavy atom. The van der Waals surface area contributed by atoms with Gasteiger partial charge >= 0.3 is 0 Å². The summed E-state index contributed by atoms with van der Waals surface area (Å²) in [5, 5.41) is 7.88. The van der Waals surface area contributed by atoms with E-state index in [0.717, 1.165) is 88.8 Å². The highest BCUT2D eigenvalue weighted by atomic mass is 15.2. The number of hydrogen-bond donors (Lipinski definition) is 0. The van der Waals surface area contributed by atoms with Crippen LogP contribution in [-0.4, -0.2) is 47.8 Å². The third kappa shape index (κ3) is 15.2. The Hall–Kier alpha value is -17.3. The quantitative estimate of drug-likeness (QED) is 0.127. The molecule has 0 fully saturated rings. The lowest BCUT2D eigenvalue weighted by Gasteiger charge is -2.10. The molecule has 15 aromatic carbocycles. The SMILES string of the molecule is Cc1ccccc1-c1n(-c2cccc3cccnc23)c2ccccc2[n+]1C.Cc1ccccc1-c1n(-c2cccc3ccncc23)c2ccccc2[n+]1C.Cc1ccccc1-c1n(-c2cccc3cnccc23)c2ccccc2[n+]1C.Cc1ccccc1-c1n(-c2cccc3ncccc23)c2ccccc2[n+]1C.[2H]C([2H])([2H])c1ccc2cccnc2c1-n1c(-c2ccccc2C)[n+](C)c2ccccc21. The molecule has 25 aromatic rings. The van der Waals surface area contributed by atoms with Gasteiger partial charge in [-0.15, -0.1) is 0 Å². The number of imidazole rings is 5. The molecule has 0 unspecified atom stereocenters. The van der Waals surface area contributed by atoms with Gasteiger partial charge in [0, 0.05) is 79.8 Å². The van der Waals surface area contributed by atoms with Crippen molar-refractivity contribution in [3.8, 4) is 85.4 Å². The largest absolute Gasteiger partial charge is 0.295 e.